The molecule has 10 heteroatoms. The van der Waals surface area contributed by atoms with Gasteiger partial charge in [0.15, 0.2) is 21.5 Å². The zero-order valence-corrected chi connectivity index (χ0v) is 17.2. The van der Waals surface area contributed by atoms with E-state index in [1.165, 1.54) is 11.8 Å². The van der Waals surface area contributed by atoms with Crippen molar-refractivity contribution in [1.82, 2.24) is 34.4 Å². The molecule has 4 heterocycles. The number of rotatable bonds is 4. The summed E-state index contributed by atoms with van der Waals surface area (Å²) in [5.74, 6) is 0.819. The van der Waals surface area contributed by atoms with Crippen LogP contribution in [0.3, 0.4) is 0 Å². The molecule has 150 valence electrons. The van der Waals surface area contributed by atoms with Gasteiger partial charge in [-0.3, -0.25) is 9.36 Å². The van der Waals surface area contributed by atoms with Gasteiger partial charge in [-0.1, -0.05) is 12.1 Å². The van der Waals surface area contributed by atoms with Crippen molar-refractivity contribution in [2.45, 2.75) is 23.8 Å². The van der Waals surface area contributed by atoms with Gasteiger partial charge in [0.2, 0.25) is 5.95 Å². The van der Waals surface area contributed by atoms with E-state index < -0.39 is 0 Å². The van der Waals surface area contributed by atoms with Crippen molar-refractivity contribution in [3.8, 4) is 0 Å². The Kier molecular flexibility index (Phi) is 4.51. The van der Waals surface area contributed by atoms with Crippen molar-refractivity contribution in [2.75, 3.05) is 31.1 Å². The van der Waals surface area contributed by atoms with Crippen molar-refractivity contribution >= 4 is 39.9 Å². The normalized spacial score (nSPS) is 14.9. The Hall–Kier alpha value is -2.85. The first-order chi connectivity index (χ1) is 14.2. The summed E-state index contributed by atoms with van der Waals surface area (Å²) in [6.07, 6.45) is 0. The van der Waals surface area contributed by atoms with Gasteiger partial charge >= 0.3 is 0 Å². The molecule has 9 nitrogen and oxygen atoms in total. The van der Waals surface area contributed by atoms with Gasteiger partial charge in [0, 0.05) is 39.8 Å². The van der Waals surface area contributed by atoms with Crippen LogP contribution in [0.25, 0.3) is 22.2 Å². The molecule has 29 heavy (non-hydrogen) atoms. The van der Waals surface area contributed by atoms with Gasteiger partial charge in [-0.25, -0.2) is 9.97 Å². The van der Waals surface area contributed by atoms with Crippen LogP contribution in [0, 0.1) is 0 Å². The lowest BCUT2D eigenvalue weighted by atomic mass is 10.3. The van der Waals surface area contributed by atoms with Gasteiger partial charge in [-0.05, 0) is 30.8 Å². The van der Waals surface area contributed by atoms with E-state index >= 15 is 0 Å². The summed E-state index contributed by atoms with van der Waals surface area (Å²) in [5, 5.41) is 4.61. The third-order valence-corrected chi connectivity index (χ3v) is 6.13. The van der Waals surface area contributed by atoms with E-state index in [1.807, 2.05) is 35.8 Å². The molecule has 0 amide bonds. The number of piperazine rings is 1. The summed E-state index contributed by atoms with van der Waals surface area (Å²) in [6.45, 7) is 6.25. The fourth-order valence-electron chi connectivity index (χ4n) is 3.69. The van der Waals surface area contributed by atoms with E-state index in [4.69, 9.17) is 9.97 Å². The first kappa shape index (κ1) is 18.2. The van der Waals surface area contributed by atoms with Crippen molar-refractivity contribution in [3.63, 3.8) is 0 Å². The SMILES string of the molecule is CCn1c(N2CCNCC2)nc2nc(Sc3nc4ccccc4[nH]3)n(C)c(=O)c21. The van der Waals surface area contributed by atoms with Crippen molar-refractivity contribution in [3.05, 3.63) is 34.6 Å². The Morgan fingerprint density at radius 2 is 1.93 bits per heavy atom. The smallest absolute Gasteiger partial charge is 0.280 e. The van der Waals surface area contributed by atoms with Crippen LogP contribution in [-0.2, 0) is 13.6 Å². The number of aromatic amines is 1. The highest BCUT2D eigenvalue weighted by Crippen LogP contribution is 2.27. The third-order valence-electron chi connectivity index (χ3n) is 5.20. The van der Waals surface area contributed by atoms with Gasteiger partial charge in [0.05, 0.1) is 11.0 Å². The molecule has 0 radical (unpaired) electrons. The lowest BCUT2D eigenvalue weighted by Crippen LogP contribution is -2.44. The van der Waals surface area contributed by atoms with Gasteiger partial charge in [-0.2, -0.15) is 4.98 Å². The lowest BCUT2D eigenvalue weighted by Gasteiger charge is -2.28. The van der Waals surface area contributed by atoms with E-state index in [9.17, 15) is 4.79 Å². The van der Waals surface area contributed by atoms with E-state index in [0.29, 0.717) is 28.0 Å². The van der Waals surface area contributed by atoms with Gasteiger partial charge in [-0.15, -0.1) is 0 Å². The van der Waals surface area contributed by atoms with Crippen LogP contribution in [-0.4, -0.2) is 55.2 Å². The van der Waals surface area contributed by atoms with Crippen LogP contribution in [0.2, 0.25) is 0 Å². The first-order valence-corrected chi connectivity index (χ1v) is 10.5. The number of nitrogens with one attached hydrogen (secondary N) is 2. The Bertz CT molecular complexity index is 1220. The molecule has 0 saturated carbocycles. The topological polar surface area (TPSA) is 96.7 Å². The van der Waals surface area contributed by atoms with Crippen LogP contribution in [0.15, 0.2) is 39.4 Å². The fourth-order valence-corrected chi connectivity index (χ4v) is 4.52. The number of imidazole rings is 2. The number of anilines is 1. The zero-order valence-electron chi connectivity index (χ0n) is 16.3. The molecule has 0 spiro atoms. The van der Waals surface area contributed by atoms with Crippen LogP contribution in [0.4, 0.5) is 5.95 Å². The minimum absolute atomic E-state index is 0.0932. The number of H-pyrrole nitrogens is 1. The third kappa shape index (κ3) is 3.08. The second kappa shape index (κ2) is 7.20. The maximum absolute atomic E-state index is 13.2. The summed E-state index contributed by atoms with van der Waals surface area (Å²) in [5.41, 5.74) is 2.79. The highest BCUT2D eigenvalue weighted by Gasteiger charge is 2.23. The van der Waals surface area contributed by atoms with Crippen LogP contribution >= 0.6 is 11.8 Å². The van der Waals surface area contributed by atoms with E-state index in [-0.39, 0.29) is 5.56 Å². The summed E-state index contributed by atoms with van der Waals surface area (Å²) in [4.78, 5) is 32.7. The monoisotopic (exact) mass is 410 g/mol. The summed E-state index contributed by atoms with van der Waals surface area (Å²) in [6, 6.07) is 7.84. The number of fused-ring (bicyclic) bond motifs is 2. The molecule has 1 saturated heterocycles. The Morgan fingerprint density at radius 3 is 2.69 bits per heavy atom. The number of hydrogen-bond donors (Lipinski definition) is 2. The number of hydrogen-bond acceptors (Lipinski definition) is 7. The highest BCUT2D eigenvalue weighted by atomic mass is 32.2. The fraction of sp³-hybridized carbons (Fsp3) is 0.368. The minimum Gasteiger partial charge on any atom is -0.340 e. The standard InChI is InChI=1S/C19H22N8OS/c1-3-27-14-15(23-18(27)26-10-8-20-9-11-26)24-19(25(2)16(14)28)29-17-21-12-6-4-5-7-13(12)22-17/h4-7,20H,3,8-11H2,1-2H3,(H,21,22). The first-order valence-electron chi connectivity index (χ1n) is 9.71. The average molecular weight is 411 g/mol. The summed E-state index contributed by atoms with van der Waals surface area (Å²) in [7, 11) is 1.75. The second-order valence-corrected chi connectivity index (χ2v) is 7.94. The minimum atomic E-state index is -0.0932. The Labute approximate surface area is 171 Å². The highest BCUT2D eigenvalue weighted by molar-refractivity contribution is 7.99. The van der Waals surface area contributed by atoms with Crippen LogP contribution in [0.1, 0.15) is 6.92 Å². The summed E-state index contributed by atoms with van der Waals surface area (Å²) < 4.78 is 3.56. The predicted octanol–water partition coefficient (Wildman–Crippen LogP) is 1.59. The molecule has 2 N–H and O–H groups in total. The Balaban J connectivity index is 1.59. The van der Waals surface area contributed by atoms with Crippen LogP contribution < -0.4 is 15.8 Å². The zero-order chi connectivity index (χ0) is 20.0. The van der Waals surface area contributed by atoms with Crippen LogP contribution in [0.5, 0.6) is 0 Å². The maximum atomic E-state index is 13.2. The number of benzene rings is 1. The quantitative estimate of drug-likeness (QED) is 0.493. The molecular weight excluding hydrogens is 388 g/mol. The second-order valence-electron chi connectivity index (χ2n) is 6.99. The molecule has 1 aliphatic heterocycles. The Morgan fingerprint density at radius 1 is 1.14 bits per heavy atom. The number of nitrogens with zero attached hydrogens (tertiary/aromatic N) is 6. The average Bonchev–Trinajstić information content (AvgIpc) is 3.33. The molecule has 4 aromatic rings. The van der Waals surface area contributed by atoms with Gasteiger partial charge < -0.3 is 19.8 Å². The van der Waals surface area contributed by atoms with Crippen molar-refractivity contribution < 1.29 is 0 Å². The molecule has 1 aliphatic rings. The summed E-state index contributed by atoms with van der Waals surface area (Å²) >= 11 is 1.34. The van der Waals surface area contributed by atoms with E-state index in [1.54, 1.807) is 11.6 Å². The molecular formula is C19H22N8OS. The molecule has 1 aromatic carbocycles. The van der Waals surface area contributed by atoms with E-state index in [2.05, 4.69) is 20.2 Å². The molecule has 0 aliphatic carbocycles. The van der Waals surface area contributed by atoms with Crippen molar-refractivity contribution in [2.24, 2.45) is 7.05 Å². The molecule has 3 aromatic heterocycles. The molecule has 5 rings (SSSR count). The molecule has 0 atom stereocenters. The number of para-hydroxylation sites is 2. The lowest BCUT2D eigenvalue weighted by molar-refractivity contribution is 0.569. The number of aryl methyl sites for hydroxylation is 1. The van der Waals surface area contributed by atoms with Gasteiger partial charge in [0.1, 0.15) is 0 Å². The maximum Gasteiger partial charge on any atom is 0.280 e. The largest absolute Gasteiger partial charge is 0.340 e. The van der Waals surface area contributed by atoms with E-state index in [0.717, 1.165) is 43.2 Å². The molecule has 1 fully saturated rings. The molecule has 0 bridgehead atoms. The molecule has 0 unspecified atom stereocenters. The number of aromatic nitrogens is 6. The predicted molar refractivity (Wildman–Crippen MR) is 114 cm³/mol. The van der Waals surface area contributed by atoms with Crippen molar-refractivity contribution in [1.29, 1.82) is 0 Å². The van der Waals surface area contributed by atoms with Gasteiger partial charge in [0.25, 0.3) is 5.56 Å².